The number of imide groups is 1. The predicted octanol–water partition coefficient (Wildman–Crippen LogP) is 0.729. The van der Waals surface area contributed by atoms with Crippen LogP contribution >= 0.6 is 11.3 Å². The van der Waals surface area contributed by atoms with E-state index in [0.29, 0.717) is 12.5 Å². The molecule has 0 atom stereocenters. The average Bonchev–Trinajstić information content (AvgIpc) is 3.16. The van der Waals surface area contributed by atoms with Crippen molar-refractivity contribution in [2.75, 3.05) is 44.2 Å². The summed E-state index contributed by atoms with van der Waals surface area (Å²) in [6, 6.07) is 5.35. The molecule has 0 aliphatic carbocycles. The maximum atomic E-state index is 12.0. The Labute approximate surface area is 156 Å². The highest BCUT2D eigenvalue weighted by atomic mass is 32.1. The number of thiophene rings is 1. The minimum Gasteiger partial charge on any atom is -0.338 e. The van der Waals surface area contributed by atoms with Gasteiger partial charge in [-0.15, -0.1) is 11.3 Å². The van der Waals surface area contributed by atoms with Crippen LogP contribution in [0.5, 0.6) is 0 Å². The summed E-state index contributed by atoms with van der Waals surface area (Å²) in [5, 5.41) is 7.10. The molecule has 2 N–H and O–H groups in total. The van der Waals surface area contributed by atoms with Crippen LogP contribution in [0.1, 0.15) is 4.88 Å². The van der Waals surface area contributed by atoms with E-state index < -0.39 is 6.03 Å². The summed E-state index contributed by atoms with van der Waals surface area (Å²) in [5.74, 6) is 0.421. The van der Waals surface area contributed by atoms with Crippen LogP contribution in [-0.2, 0) is 11.2 Å². The zero-order chi connectivity index (χ0) is 18.2. The zero-order valence-corrected chi connectivity index (χ0v) is 15.2. The van der Waals surface area contributed by atoms with Crippen LogP contribution in [0.4, 0.5) is 10.7 Å². The third kappa shape index (κ3) is 5.50. The molecule has 3 heterocycles. The molecule has 0 spiro atoms. The van der Waals surface area contributed by atoms with Crippen molar-refractivity contribution in [3.8, 4) is 0 Å². The van der Waals surface area contributed by atoms with Gasteiger partial charge in [-0.05, 0) is 23.9 Å². The van der Waals surface area contributed by atoms with Gasteiger partial charge in [0.25, 0.3) is 0 Å². The maximum Gasteiger partial charge on any atom is 0.321 e. The SMILES string of the molecule is O=C(CN1CCN(c2ncccn2)CC1)NC(=O)NCCc1cccs1. The number of carbonyl (C=O) groups excluding carboxylic acids is 2. The van der Waals surface area contributed by atoms with Gasteiger partial charge < -0.3 is 10.2 Å². The van der Waals surface area contributed by atoms with Gasteiger partial charge in [-0.1, -0.05) is 6.07 Å². The van der Waals surface area contributed by atoms with Crippen LogP contribution in [0.2, 0.25) is 0 Å². The second-order valence-electron chi connectivity index (χ2n) is 5.95. The average molecular weight is 374 g/mol. The number of nitrogens with one attached hydrogen (secondary N) is 2. The molecule has 1 saturated heterocycles. The van der Waals surface area contributed by atoms with Crippen molar-refractivity contribution in [2.24, 2.45) is 0 Å². The molecule has 2 aromatic rings. The lowest BCUT2D eigenvalue weighted by atomic mass is 10.3. The van der Waals surface area contributed by atoms with Gasteiger partial charge in [-0.2, -0.15) is 0 Å². The first-order valence-corrected chi connectivity index (χ1v) is 9.43. The molecule has 1 aliphatic heterocycles. The van der Waals surface area contributed by atoms with E-state index in [4.69, 9.17) is 0 Å². The van der Waals surface area contributed by atoms with E-state index >= 15 is 0 Å². The molecule has 0 unspecified atom stereocenters. The molecule has 8 nitrogen and oxygen atoms in total. The van der Waals surface area contributed by atoms with Crippen molar-refractivity contribution in [1.29, 1.82) is 0 Å². The fourth-order valence-electron chi connectivity index (χ4n) is 2.73. The van der Waals surface area contributed by atoms with E-state index in [0.717, 1.165) is 32.6 Å². The third-order valence-corrected chi connectivity index (χ3v) is 5.00. The monoisotopic (exact) mass is 374 g/mol. The van der Waals surface area contributed by atoms with Crippen molar-refractivity contribution in [1.82, 2.24) is 25.5 Å². The number of hydrogen-bond donors (Lipinski definition) is 2. The predicted molar refractivity (Wildman–Crippen MR) is 100 cm³/mol. The van der Waals surface area contributed by atoms with E-state index in [-0.39, 0.29) is 12.5 Å². The maximum absolute atomic E-state index is 12.0. The van der Waals surface area contributed by atoms with Crippen LogP contribution in [-0.4, -0.2) is 66.1 Å². The van der Waals surface area contributed by atoms with Crippen LogP contribution in [0, 0.1) is 0 Å². The first-order chi connectivity index (χ1) is 12.7. The minimum absolute atomic E-state index is 0.210. The topological polar surface area (TPSA) is 90.5 Å². The van der Waals surface area contributed by atoms with Crippen molar-refractivity contribution < 1.29 is 9.59 Å². The molecule has 138 valence electrons. The first-order valence-electron chi connectivity index (χ1n) is 8.55. The number of piperazine rings is 1. The molecule has 3 amide bonds. The lowest BCUT2D eigenvalue weighted by Gasteiger charge is -2.34. The van der Waals surface area contributed by atoms with E-state index in [1.54, 1.807) is 29.8 Å². The van der Waals surface area contributed by atoms with E-state index in [1.807, 2.05) is 22.4 Å². The smallest absolute Gasteiger partial charge is 0.321 e. The number of amides is 3. The highest BCUT2D eigenvalue weighted by Crippen LogP contribution is 2.09. The minimum atomic E-state index is -0.442. The standard InChI is InChI=1S/C17H22N6O2S/c24-15(21-17(25)20-7-4-14-3-1-12-26-14)13-22-8-10-23(11-9-22)16-18-5-2-6-19-16/h1-3,5-6,12H,4,7-11,13H2,(H2,20,21,24,25). The molecule has 2 aromatic heterocycles. The van der Waals surface area contributed by atoms with Crippen LogP contribution in [0.25, 0.3) is 0 Å². The Balaban J connectivity index is 1.33. The molecule has 9 heteroatoms. The summed E-state index contributed by atoms with van der Waals surface area (Å²) in [6.45, 7) is 3.68. The number of hydrogen-bond acceptors (Lipinski definition) is 7. The normalized spacial score (nSPS) is 14.8. The number of carbonyl (C=O) groups is 2. The van der Waals surface area contributed by atoms with E-state index in [1.165, 1.54) is 4.88 Å². The molecule has 1 fully saturated rings. The van der Waals surface area contributed by atoms with Crippen molar-refractivity contribution >= 4 is 29.2 Å². The summed E-state index contributed by atoms with van der Waals surface area (Å²) >= 11 is 1.65. The summed E-state index contributed by atoms with van der Waals surface area (Å²) in [5.41, 5.74) is 0. The summed E-state index contributed by atoms with van der Waals surface area (Å²) < 4.78 is 0. The second-order valence-corrected chi connectivity index (χ2v) is 6.98. The molecular formula is C17H22N6O2S. The van der Waals surface area contributed by atoms with Gasteiger partial charge in [0.2, 0.25) is 11.9 Å². The Morgan fingerprint density at radius 2 is 1.88 bits per heavy atom. The summed E-state index contributed by atoms with van der Waals surface area (Å²) in [6.07, 6.45) is 4.21. The first kappa shape index (κ1) is 18.3. The van der Waals surface area contributed by atoms with Gasteiger partial charge >= 0.3 is 6.03 Å². The molecular weight excluding hydrogens is 352 g/mol. The highest BCUT2D eigenvalue weighted by molar-refractivity contribution is 7.09. The Hall–Kier alpha value is -2.52. The highest BCUT2D eigenvalue weighted by Gasteiger charge is 2.21. The Bertz CT molecular complexity index is 701. The van der Waals surface area contributed by atoms with Crippen LogP contribution in [0.3, 0.4) is 0 Å². The largest absolute Gasteiger partial charge is 0.338 e. The van der Waals surface area contributed by atoms with Crippen molar-refractivity contribution in [3.63, 3.8) is 0 Å². The van der Waals surface area contributed by atoms with Crippen molar-refractivity contribution in [2.45, 2.75) is 6.42 Å². The van der Waals surface area contributed by atoms with Gasteiger partial charge in [0.1, 0.15) is 0 Å². The lowest BCUT2D eigenvalue weighted by Crippen LogP contribution is -2.51. The third-order valence-electron chi connectivity index (χ3n) is 4.06. The molecule has 0 aromatic carbocycles. The number of anilines is 1. The van der Waals surface area contributed by atoms with Crippen LogP contribution < -0.4 is 15.5 Å². The molecule has 0 saturated carbocycles. The second kappa shape index (κ2) is 9.25. The van der Waals surface area contributed by atoms with Gasteiger partial charge in [0.05, 0.1) is 6.54 Å². The number of rotatable bonds is 6. The molecule has 26 heavy (non-hydrogen) atoms. The van der Waals surface area contributed by atoms with E-state index in [2.05, 4.69) is 25.5 Å². The fraction of sp³-hybridized carbons (Fsp3) is 0.412. The fourth-order valence-corrected chi connectivity index (χ4v) is 3.44. The van der Waals surface area contributed by atoms with E-state index in [9.17, 15) is 9.59 Å². The lowest BCUT2D eigenvalue weighted by molar-refractivity contribution is -0.121. The Morgan fingerprint density at radius 1 is 1.12 bits per heavy atom. The molecule has 1 aliphatic rings. The van der Waals surface area contributed by atoms with Crippen LogP contribution in [0.15, 0.2) is 36.0 Å². The summed E-state index contributed by atoms with van der Waals surface area (Å²) in [4.78, 5) is 37.6. The Morgan fingerprint density at radius 3 is 2.58 bits per heavy atom. The van der Waals surface area contributed by atoms with Gasteiger partial charge in [0.15, 0.2) is 0 Å². The summed E-state index contributed by atoms with van der Waals surface area (Å²) in [7, 11) is 0. The number of urea groups is 1. The van der Waals surface area contributed by atoms with Crippen molar-refractivity contribution in [3.05, 3.63) is 40.8 Å². The number of nitrogens with zero attached hydrogens (tertiary/aromatic N) is 4. The molecule has 0 radical (unpaired) electrons. The Kier molecular flexibility index (Phi) is 6.50. The van der Waals surface area contributed by atoms with Gasteiger partial charge in [-0.25, -0.2) is 14.8 Å². The number of aromatic nitrogens is 2. The van der Waals surface area contributed by atoms with Gasteiger partial charge in [0, 0.05) is 50.0 Å². The quantitative estimate of drug-likeness (QED) is 0.775. The van der Waals surface area contributed by atoms with Gasteiger partial charge in [-0.3, -0.25) is 15.0 Å². The zero-order valence-electron chi connectivity index (χ0n) is 14.4. The molecule has 0 bridgehead atoms. The molecule has 3 rings (SSSR count).